The number of hydrogen-bond donors (Lipinski definition) is 1. The number of anilines is 1. The van der Waals surface area contributed by atoms with Gasteiger partial charge in [-0.3, -0.25) is 4.79 Å². The standard InChI is InChI=1S/C21H19NO5/c1-25-21(24)17-6-2-4-15(12-17)8-9-16-5-3-7-18(13-16)22-20(23)19-14-26-10-11-27-19/h2-7,12-13,19H,10-11,14H2,1H3,(H,22,23)/t19-/m0/s1. The van der Waals surface area contributed by atoms with Crippen LogP contribution < -0.4 is 5.32 Å². The molecule has 1 saturated heterocycles. The molecule has 2 aromatic rings. The number of nitrogens with one attached hydrogen (secondary N) is 1. The van der Waals surface area contributed by atoms with Gasteiger partial charge in [-0.25, -0.2) is 4.79 Å². The summed E-state index contributed by atoms with van der Waals surface area (Å²) < 4.78 is 15.3. The molecule has 0 aliphatic carbocycles. The van der Waals surface area contributed by atoms with E-state index in [1.54, 1.807) is 30.3 Å². The van der Waals surface area contributed by atoms with Crippen molar-refractivity contribution in [2.45, 2.75) is 6.10 Å². The first-order valence-electron chi connectivity index (χ1n) is 8.46. The summed E-state index contributed by atoms with van der Waals surface area (Å²) in [5, 5.41) is 2.81. The summed E-state index contributed by atoms with van der Waals surface area (Å²) in [6, 6.07) is 14.1. The van der Waals surface area contributed by atoms with Crippen LogP contribution in [0.3, 0.4) is 0 Å². The Balaban J connectivity index is 1.70. The lowest BCUT2D eigenvalue weighted by molar-refractivity contribution is -0.142. The molecule has 6 nitrogen and oxygen atoms in total. The number of hydrogen-bond acceptors (Lipinski definition) is 5. The van der Waals surface area contributed by atoms with Crippen molar-refractivity contribution in [3.63, 3.8) is 0 Å². The highest BCUT2D eigenvalue weighted by Gasteiger charge is 2.22. The van der Waals surface area contributed by atoms with Crippen LogP contribution in [0.25, 0.3) is 0 Å². The molecule has 0 aromatic heterocycles. The van der Waals surface area contributed by atoms with Crippen molar-refractivity contribution >= 4 is 17.6 Å². The van der Waals surface area contributed by atoms with E-state index >= 15 is 0 Å². The predicted octanol–water partition coefficient (Wildman–Crippen LogP) is 2.23. The fourth-order valence-corrected chi connectivity index (χ4v) is 2.52. The monoisotopic (exact) mass is 365 g/mol. The van der Waals surface area contributed by atoms with E-state index in [1.807, 2.05) is 18.2 Å². The molecule has 6 heteroatoms. The van der Waals surface area contributed by atoms with Gasteiger partial charge in [0.1, 0.15) is 0 Å². The summed E-state index contributed by atoms with van der Waals surface area (Å²) in [6.07, 6.45) is -0.602. The average Bonchev–Trinajstić information content (AvgIpc) is 2.73. The fraction of sp³-hybridized carbons (Fsp3) is 0.238. The second-order valence-electron chi connectivity index (χ2n) is 5.83. The van der Waals surface area contributed by atoms with E-state index in [-0.39, 0.29) is 12.5 Å². The molecule has 0 bridgehead atoms. The van der Waals surface area contributed by atoms with Gasteiger partial charge in [-0.2, -0.15) is 0 Å². The van der Waals surface area contributed by atoms with Gasteiger partial charge < -0.3 is 19.5 Å². The van der Waals surface area contributed by atoms with Crippen molar-refractivity contribution in [2.24, 2.45) is 0 Å². The van der Waals surface area contributed by atoms with Crippen molar-refractivity contribution in [2.75, 3.05) is 32.2 Å². The van der Waals surface area contributed by atoms with Crippen molar-refractivity contribution in [3.8, 4) is 11.8 Å². The van der Waals surface area contributed by atoms with Gasteiger partial charge in [0.25, 0.3) is 5.91 Å². The molecule has 0 radical (unpaired) electrons. The van der Waals surface area contributed by atoms with Crippen LogP contribution in [0.2, 0.25) is 0 Å². The minimum atomic E-state index is -0.602. The summed E-state index contributed by atoms with van der Waals surface area (Å²) >= 11 is 0. The van der Waals surface area contributed by atoms with E-state index in [2.05, 4.69) is 17.2 Å². The third-order valence-electron chi connectivity index (χ3n) is 3.87. The van der Waals surface area contributed by atoms with Crippen LogP contribution in [-0.2, 0) is 19.0 Å². The molecule has 1 atom stereocenters. The largest absolute Gasteiger partial charge is 0.465 e. The molecule has 138 valence electrons. The quantitative estimate of drug-likeness (QED) is 0.667. The Kier molecular flexibility index (Phi) is 6.21. The fourth-order valence-electron chi connectivity index (χ4n) is 2.52. The smallest absolute Gasteiger partial charge is 0.337 e. The Bertz CT molecular complexity index is 891. The molecule has 0 saturated carbocycles. The molecule has 0 spiro atoms. The molecule has 1 aliphatic rings. The van der Waals surface area contributed by atoms with Crippen molar-refractivity contribution in [3.05, 3.63) is 65.2 Å². The molecule has 3 rings (SSSR count). The lowest BCUT2D eigenvalue weighted by atomic mass is 10.1. The normalized spacial score (nSPS) is 16.0. The van der Waals surface area contributed by atoms with Crippen LogP contribution in [0.15, 0.2) is 48.5 Å². The maximum atomic E-state index is 12.2. The Morgan fingerprint density at radius 3 is 2.52 bits per heavy atom. The summed E-state index contributed by atoms with van der Waals surface area (Å²) in [5.41, 5.74) is 2.50. The topological polar surface area (TPSA) is 73.9 Å². The molecule has 0 unspecified atom stereocenters. The van der Waals surface area contributed by atoms with Gasteiger partial charge >= 0.3 is 5.97 Å². The first-order chi connectivity index (χ1) is 13.2. The van der Waals surface area contributed by atoms with Gasteiger partial charge in [0, 0.05) is 16.8 Å². The lowest BCUT2D eigenvalue weighted by Crippen LogP contribution is -2.39. The number of methoxy groups -OCH3 is 1. The second-order valence-corrected chi connectivity index (χ2v) is 5.83. The maximum Gasteiger partial charge on any atom is 0.337 e. The van der Waals surface area contributed by atoms with E-state index in [9.17, 15) is 9.59 Å². The number of carbonyl (C=O) groups is 2. The summed E-state index contributed by atoms with van der Waals surface area (Å²) in [5.74, 6) is 5.39. The summed E-state index contributed by atoms with van der Waals surface area (Å²) in [6.45, 7) is 1.17. The number of amides is 1. The zero-order valence-electron chi connectivity index (χ0n) is 14.9. The van der Waals surface area contributed by atoms with Crippen molar-refractivity contribution in [1.82, 2.24) is 0 Å². The number of esters is 1. The molecule has 1 N–H and O–H groups in total. The molecule has 1 aliphatic heterocycles. The van der Waals surface area contributed by atoms with Crippen LogP contribution in [0, 0.1) is 11.8 Å². The van der Waals surface area contributed by atoms with Crippen LogP contribution in [-0.4, -0.2) is 44.9 Å². The minimum Gasteiger partial charge on any atom is -0.465 e. The molecule has 2 aromatic carbocycles. The zero-order valence-corrected chi connectivity index (χ0v) is 14.9. The Labute approximate surface area is 157 Å². The Morgan fingerprint density at radius 1 is 1.07 bits per heavy atom. The van der Waals surface area contributed by atoms with Crippen LogP contribution in [0.5, 0.6) is 0 Å². The molecular weight excluding hydrogens is 346 g/mol. The summed E-state index contributed by atoms with van der Waals surface area (Å²) in [4.78, 5) is 23.8. The number of ether oxygens (including phenoxy) is 3. The Hall–Kier alpha value is -3.14. The second kappa shape index (κ2) is 8.99. The number of carbonyl (C=O) groups excluding carboxylic acids is 2. The minimum absolute atomic E-state index is 0.245. The molecular formula is C21H19NO5. The van der Waals surface area contributed by atoms with Gasteiger partial charge in [-0.15, -0.1) is 0 Å². The van der Waals surface area contributed by atoms with Crippen molar-refractivity contribution < 1.29 is 23.8 Å². The Morgan fingerprint density at radius 2 is 1.81 bits per heavy atom. The van der Waals surface area contributed by atoms with E-state index in [1.165, 1.54) is 7.11 Å². The van der Waals surface area contributed by atoms with Gasteiger partial charge in [-0.1, -0.05) is 24.0 Å². The van der Waals surface area contributed by atoms with E-state index in [0.717, 1.165) is 5.56 Å². The van der Waals surface area contributed by atoms with Crippen LogP contribution in [0.4, 0.5) is 5.69 Å². The third kappa shape index (κ3) is 5.17. The van der Waals surface area contributed by atoms with E-state index in [0.29, 0.717) is 30.0 Å². The molecule has 1 fully saturated rings. The van der Waals surface area contributed by atoms with Crippen LogP contribution in [0.1, 0.15) is 21.5 Å². The van der Waals surface area contributed by atoms with Gasteiger partial charge in [0.05, 0.1) is 32.5 Å². The predicted molar refractivity (Wildman–Crippen MR) is 99.4 cm³/mol. The maximum absolute atomic E-state index is 12.2. The molecule has 27 heavy (non-hydrogen) atoms. The van der Waals surface area contributed by atoms with Crippen molar-refractivity contribution in [1.29, 1.82) is 0 Å². The van der Waals surface area contributed by atoms with Gasteiger partial charge in [-0.05, 0) is 36.4 Å². The highest BCUT2D eigenvalue weighted by Crippen LogP contribution is 2.12. The molecule has 1 heterocycles. The summed E-state index contributed by atoms with van der Waals surface area (Å²) in [7, 11) is 1.34. The molecule has 1 amide bonds. The number of benzene rings is 2. The third-order valence-corrected chi connectivity index (χ3v) is 3.87. The van der Waals surface area contributed by atoms with Gasteiger partial charge in [0.15, 0.2) is 6.10 Å². The number of rotatable bonds is 3. The highest BCUT2D eigenvalue weighted by atomic mass is 16.6. The lowest BCUT2D eigenvalue weighted by Gasteiger charge is -2.22. The zero-order chi connectivity index (χ0) is 19.1. The SMILES string of the molecule is COC(=O)c1cccc(C#Cc2cccc(NC(=O)[C@@H]3COCCO3)c2)c1. The van der Waals surface area contributed by atoms with Crippen LogP contribution >= 0.6 is 0 Å². The highest BCUT2D eigenvalue weighted by molar-refractivity contribution is 5.94. The first kappa shape index (κ1) is 18.6. The van der Waals surface area contributed by atoms with E-state index in [4.69, 9.17) is 14.2 Å². The van der Waals surface area contributed by atoms with Gasteiger partial charge in [0.2, 0.25) is 0 Å². The van der Waals surface area contributed by atoms with E-state index < -0.39 is 12.1 Å². The first-order valence-corrected chi connectivity index (χ1v) is 8.46. The average molecular weight is 365 g/mol.